The van der Waals surface area contributed by atoms with Gasteiger partial charge in [-0.05, 0) is 50.1 Å². The molecular weight excluding hydrogens is 378 g/mol. The fourth-order valence-corrected chi connectivity index (χ4v) is 3.05. The van der Waals surface area contributed by atoms with Gasteiger partial charge in [0.1, 0.15) is 11.6 Å². The second-order valence-electron chi connectivity index (χ2n) is 8.22. The monoisotopic (exact) mass is 407 g/mol. The number of methoxy groups -OCH3 is 1. The molecule has 0 aliphatic rings. The van der Waals surface area contributed by atoms with Crippen LogP contribution in [0.1, 0.15) is 37.7 Å². The van der Waals surface area contributed by atoms with Gasteiger partial charge in [0, 0.05) is 43.4 Å². The zero-order chi connectivity index (χ0) is 21.6. The van der Waals surface area contributed by atoms with Crippen molar-refractivity contribution in [1.29, 1.82) is 0 Å². The van der Waals surface area contributed by atoms with E-state index >= 15 is 0 Å². The van der Waals surface area contributed by atoms with Gasteiger partial charge in [-0.2, -0.15) is 0 Å². The lowest BCUT2D eigenvalue weighted by molar-refractivity contribution is 0.181. The SMILES string of the molecule is COc1ccc(Cn2ccnc2CN(Cc2cccnc2)C(=O)NC(C)(C)C)cc1. The van der Waals surface area contributed by atoms with Crippen molar-refractivity contribution in [2.45, 2.75) is 45.9 Å². The van der Waals surface area contributed by atoms with Crippen LogP contribution in [0.15, 0.2) is 61.2 Å². The van der Waals surface area contributed by atoms with E-state index in [1.54, 1.807) is 30.6 Å². The van der Waals surface area contributed by atoms with Crippen molar-refractivity contribution >= 4 is 6.03 Å². The first-order valence-corrected chi connectivity index (χ1v) is 9.93. The maximum Gasteiger partial charge on any atom is 0.318 e. The summed E-state index contributed by atoms with van der Waals surface area (Å²) in [5.74, 6) is 1.64. The first kappa shape index (κ1) is 21.4. The summed E-state index contributed by atoms with van der Waals surface area (Å²) in [6.07, 6.45) is 7.21. The van der Waals surface area contributed by atoms with Crippen molar-refractivity contribution in [3.63, 3.8) is 0 Å². The highest BCUT2D eigenvalue weighted by atomic mass is 16.5. The Morgan fingerprint density at radius 1 is 1.10 bits per heavy atom. The largest absolute Gasteiger partial charge is 0.497 e. The number of rotatable bonds is 7. The molecule has 0 spiro atoms. The Hall–Kier alpha value is -3.35. The number of aromatic nitrogens is 3. The minimum Gasteiger partial charge on any atom is -0.497 e. The van der Waals surface area contributed by atoms with Gasteiger partial charge in [-0.25, -0.2) is 9.78 Å². The van der Waals surface area contributed by atoms with E-state index in [0.29, 0.717) is 19.6 Å². The highest BCUT2D eigenvalue weighted by Crippen LogP contribution is 2.15. The number of ether oxygens (including phenoxy) is 1. The predicted molar refractivity (Wildman–Crippen MR) is 116 cm³/mol. The van der Waals surface area contributed by atoms with Crippen LogP contribution in [0, 0.1) is 0 Å². The molecular formula is C23H29N5O2. The summed E-state index contributed by atoms with van der Waals surface area (Å²) in [5.41, 5.74) is 1.77. The number of hydrogen-bond acceptors (Lipinski definition) is 4. The van der Waals surface area contributed by atoms with Gasteiger partial charge in [-0.1, -0.05) is 18.2 Å². The van der Waals surface area contributed by atoms with E-state index in [2.05, 4.69) is 19.9 Å². The Labute approximate surface area is 177 Å². The maximum atomic E-state index is 13.0. The standard InChI is InChI=1S/C23H29N5O2/c1-23(2,3)26-22(29)28(16-19-6-5-11-24-14-19)17-21-25-12-13-27(21)15-18-7-9-20(30-4)10-8-18/h5-14H,15-17H2,1-4H3,(H,26,29). The number of amides is 2. The van der Waals surface area contributed by atoms with Gasteiger partial charge >= 0.3 is 6.03 Å². The molecule has 0 radical (unpaired) electrons. The van der Waals surface area contributed by atoms with Crippen LogP contribution in [-0.4, -0.2) is 38.1 Å². The van der Waals surface area contributed by atoms with Crippen LogP contribution < -0.4 is 10.1 Å². The molecule has 0 unspecified atom stereocenters. The van der Waals surface area contributed by atoms with E-state index in [4.69, 9.17) is 4.74 Å². The molecule has 158 valence electrons. The molecule has 1 N–H and O–H groups in total. The number of carbonyl (C=O) groups excluding carboxylic acids is 1. The lowest BCUT2D eigenvalue weighted by Gasteiger charge is -2.28. The van der Waals surface area contributed by atoms with E-state index in [9.17, 15) is 4.79 Å². The van der Waals surface area contributed by atoms with Crippen molar-refractivity contribution in [3.05, 3.63) is 78.1 Å². The van der Waals surface area contributed by atoms with Gasteiger partial charge in [-0.3, -0.25) is 4.98 Å². The zero-order valence-electron chi connectivity index (χ0n) is 18.0. The van der Waals surface area contributed by atoms with E-state index in [1.165, 1.54) is 0 Å². The van der Waals surface area contributed by atoms with Gasteiger partial charge in [0.05, 0.1) is 13.7 Å². The Morgan fingerprint density at radius 3 is 2.50 bits per heavy atom. The van der Waals surface area contributed by atoms with Crippen LogP contribution in [0.25, 0.3) is 0 Å². The molecule has 0 atom stereocenters. The molecule has 2 aromatic heterocycles. The lowest BCUT2D eigenvalue weighted by atomic mass is 10.1. The molecule has 30 heavy (non-hydrogen) atoms. The van der Waals surface area contributed by atoms with Gasteiger partial charge < -0.3 is 19.5 Å². The number of nitrogens with one attached hydrogen (secondary N) is 1. The molecule has 0 saturated heterocycles. The highest BCUT2D eigenvalue weighted by molar-refractivity contribution is 5.74. The summed E-state index contributed by atoms with van der Waals surface area (Å²) in [5, 5.41) is 3.05. The molecule has 7 nitrogen and oxygen atoms in total. The van der Waals surface area contributed by atoms with Crippen molar-refractivity contribution in [2.75, 3.05) is 7.11 Å². The van der Waals surface area contributed by atoms with Crippen LogP contribution in [0.4, 0.5) is 4.79 Å². The highest BCUT2D eigenvalue weighted by Gasteiger charge is 2.21. The molecule has 2 heterocycles. The molecule has 2 amide bonds. The summed E-state index contributed by atoms with van der Waals surface area (Å²) in [4.78, 5) is 23.4. The van der Waals surface area contributed by atoms with Crippen LogP contribution in [-0.2, 0) is 19.6 Å². The first-order valence-electron chi connectivity index (χ1n) is 9.93. The van der Waals surface area contributed by atoms with Crippen molar-refractivity contribution in [2.24, 2.45) is 0 Å². The Bertz CT molecular complexity index is 946. The second-order valence-corrected chi connectivity index (χ2v) is 8.22. The molecule has 0 bridgehead atoms. The van der Waals surface area contributed by atoms with Gasteiger partial charge in [0.15, 0.2) is 0 Å². The number of pyridine rings is 1. The van der Waals surface area contributed by atoms with E-state index in [1.807, 2.05) is 63.4 Å². The minimum atomic E-state index is -0.331. The van der Waals surface area contributed by atoms with E-state index in [0.717, 1.165) is 22.7 Å². The van der Waals surface area contributed by atoms with Gasteiger partial charge in [0.2, 0.25) is 0 Å². The van der Waals surface area contributed by atoms with Crippen molar-refractivity contribution in [1.82, 2.24) is 24.8 Å². The van der Waals surface area contributed by atoms with E-state index < -0.39 is 0 Å². The molecule has 1 aromatic carbocycles. The number of nitrogens with zero attached hydrogens (tertiary/aromatic N) is 4. The number of imidazole rings is 1. The molecule has 0 saturated carbocycles. The minimum absolute atomic E-state index is 0.134. The summed E-state index contributed by atoms with van der Waals surface area (Å²) in [6.45, 7) is 7.42. The smallest absolute Gasteiger partial charge is 0.318 e. The lowest BCUT2D eigenvalue weighted by Crippen LogP contribution is -2.48. The quantitative estimate of drug-likeness (QED) is 0.646. The predicted octanol–water partition coefficient (Wildman–Crippen LogP) is 3.85. The maximum absolute atomic E-state index is 13.0. The summed E-state index contributed by atoms with van der Waals surface area (Å²) < 4.78 is 7.29. The Balaban J connectivity index is 1.78. The topological polar surface area (TPSA) is 72.3 Å². The van der Waals surface area contributed by atoms with Gasteiger partial charge in [-0.15, -0.1) is 0 Å². The fraction of sp³-hybridized carbons (Fsp3) is 0.348. The average Bonchev–Trinajstić information content (AvgIpc) is 3.14. The third-order valence-corrected chi connectivity index (χ3v) is 4.51. The van der Waals surface area contributed by atoms with Crippen molar-refractivity contribution < 1.29 is 9.53 Å². The van der Waals surface area contributed by atoms with Crippen LogP contribution >= 0.6 is 0 Å². The molecule has 0 aliphatic heterocycles. The summed E-state index contributed by atoms with van der Waals surface area (Å²) in [7, 11) is 1.66. The first-order chi connectivity index (χ1) is 14.3. The van der Waals surface area contributed by atoms with Gasteiger partial charge in [0.25, 0.3) is 0 Å². The fourth-order valence-electron chi connectivity index (χ4n) is 3.05. The molecule has 3 aromatic rings. The second kappa shape index (κ2) is 9.43. The van der Waals surface area contributed by atoms with Crippen LogP contribution in [0.5, 0.6) is 5.75 Å². The normalized spacial score (nSPS) is 11.2. The Morgan fingerprint density at radius 2 is 1.87 bits per heavy atom. The molecule has 3 rings (SSSR count). The third kappa shape index (κ3) is 6.07. The average molecular weight is 408 g/mol. The summed E-state index contributed by atoms with van der Waals surface area (Å²) in [6, 6.07) is 11.7. The number of carbonyl (C=O) groups is 1. The number of urea groups is 1. The van der Waals surface area contributed by atoms with Crippen molar-refractivity contribution in [3.8, 4) is 5.75 Å². The third-order valence-electron chi connectivity index (χ3n) is 4.51. The molecule has 7 heteroatoms. The van der Waals surface area contributed by atoms with Crippen LogP contribution in [0.2, 0.25) is 0 Å². The number of benzene rings is 1. The van der Waals surface area contributed by atoms with E-state index in [-0.39, 0.29) is 11.6 Å². The zero-order valence-corrected chi connectivity index (χ0v) is 18.0. The Kier molecular flexibility index (Phi) is 6.72. The molecule has 0 fully saturated rings. The van der Waals surface area contributed by atoms with Crippen LogP contribution in [0.3, 0.4) is 0 Å². The molecule has 0 aliphatic carbocycles. The summed E-state index contributed by atoms with van der Waals surface area (Å²) >= 11 is 0. The number of hydrogen-bond donors (Lipinski definition) is 1.